The molecule has 0 N–H and O–H groups in total. The van der Waals surface area contributed by atoms with E-state index in [1.807, 2.05) is 0 Å². The Bertz CT molecular complexity index is 470. The standard InChI is InChI=1S/C10H10N2O5/c13-11(14)9-4-3-8(5-10(9)12(15)16)17-6-7-1-2-7/h3-5,7H,1-2,6H2. The molecule has 1 fully saturated rings. The van der Waals surface area contributed by atoms with Crippen LogP contribution in [0.1, 0.15) is 12.8 Å². The smallest absolute Gasteiger partial charge is 0.349 e. The number of rotatable bonds is 5. The van der Waals surface area contributed by atoms with Gasteiger partial charge in [-0.2, -0.15) is 0 Å². The van der Waals surface area contributed by atoms with Gasteiger partial charge in [0, 0.05) is 6.07 Å². The Morgan fingerprint density at radius 3 is 2.35 bits per heavy atom. The van der Waals surface area contributed by atoms with Crippen molar-refractivity contribution in [2.24, 2.45) is 5.92 Å². The summed E-state index contributed by atoms with van der Waals surface area (Å²) >= 11 is 0. The number of nitro benzene ring substituents is 2. The molecule has 90 valence electrons. The maximum absolute atomic E-state index is 10.7. The van der Waals surface area contributed by atoms with Gasteiger partial charge in [0.15, 0.2) is 0 Å². The molecular formula is C10H10N2O5. The lowest BCUT2D eigenvalue weighted by molar-refractivity contribution is -0.422. The summed E-state index contributed by atoms with van der Waals surface area (Å²) in [5.41, 5.74) is -1.06. The van der Waals surface area contributed by atoms with Gasteiger partial charge < -0.3 is 4.74 Å². The highest BCUT2D eigenvalue weighted by molar-refractivity contribution is 5.55. The van der Waals surface area contributed by atoms with Gasteiger partial charge in [0.25, 0.3) is 0 Å². The van der Waals surface area contributed by atoms with Gasteiger partial charge in [-0.1, -0.05) is 0 Å². The van der Waals surface area contributed by atoms with Gasteiger partial charge >= 0.3 is 11.4 Å². The molecular weight excluding hydrogens is 228 g/mol. The molecule has 0 amide bonds. The molecule has 1 aliphatic carbocycles. The highest BCUT2D eigenvalue weighted by atomic mass is 16.6. The Labute approximate surface area is 96.3 Å². The molecule has 0 radical (unpaired) electrons. The van der Waals surface area contributed by atoms with Crippen molar-refractivity contribution in [3.8, 4) is 5.75 Å². The van der Waals surface area contributed by atoms with Crippen LogP contribution < -0.4 is 4.74 Å². The number of hydrogen-bond acceptors (Lipinski definition) is 5. The molecule has 1 aliphatic rings. The summed E-state index contributed by atoms with van der Waals surface area (Å²) in [6.45, 7) is 0.509. The summed E-state index contributed by atoms with van der Waals surface area (Å²) < 4.78 is 5.33. The molecule has 1 saturated carbocycles. The first kappa shape index (κ1) is 11.3. The van der Waals surface area contributed by atoms with Crippen LogP contribution in [-0.2, 0) is 0 Å². The Balaban J connectivity index is 2.20. The van der Waals surface area contributed by atoms with Gasteiger partial charge in [0.05, 0.1) is 22.5 Å². The molecule has 1 aromatic carbocycles. The van der Waals surface area contributed by atoms with Crippen LogP contribution in [0.15, 0.2) is 18.2 Å². The number of ether oxygens (including phenoxy) is 1. The first-order valence-corrected chi connectivity index (χ1v) is 5.13. The SMILES string of the molecule is O=[N+]([O-])c1ccc(OCC2CC2)cc1[N+](=O)[O-]. The van der Waals surface area contributed by atoms with E-state index in [2.05, 4.69) is 0 Å². The van der Waals surface area contributed by atoms with Crippen molar-refractivity contribution in [2.75, 3.05) is 6.61 Å². The number of nitrogens with zero attached hydrogens (tertiary/aromatic N) is 2. The summed E-state index contributed by atoms with van der Waals surface area (Å²) in [6.07, 6.45) is 2.21. The van der Waals surface area contributed by atoms with Crippen molar-refractivity contribution in [3.05, 3.63) is 38.4 Å². The average Bonchev–Trinajstić information content (AvgIpc) is 3.09. The monoisotopic (exact) mass is 238 g/mol. The van der Waals surface area contributed by atoms with E-state index < -0.39 is 21.2 Å². The van der Waals surface area contributed by atoms with Crippen LogP contribution in [0.5, 0.6) is 5.75 Å². The van der Waals surface area contributed by atoms with Gasteiger partial charge in [0.1, 0.15) is 5.75 Å². The minimum atomic E-state index is -0.776. The fourth-order valence-corrected chi connectivity index (χ4v) is 1.39. The lowest BCUT2D eigenvalue weighted by atomic mass is 10.2. The molecule has 17 heavy (non-hydrogen) atoms. The number of nitro groups is 2. The zero-order chi connectivity index (χ0) is 12.4. The Kier molecular flexibility index (Phi) is 2.90. The molecule has 0 bridgehead atoms. The average molecular weight is 238 g/mol. The minimum absolute atomic E-state index is 0.300. The maximum atomic E-state index is 10.7. The quantitative estimate of drug-likeness (QED) is 0.579. The fourth-order valence-electron chi connectivity index (χ4n) is 1.39. The summed E-state index contributed by atoms with van der Waals surface area (Å²) in [6, 6.07) is 3.58. The predicted molar refractivity (Wildman–Crippen MR) is 58.0 cm³/mol. The van der Waals surface area contributed by atoms with Crippen molar-refractivity contribution in [2.45, 2.75) is 12.8 Å². The van der Waals surface area contributed by atoms with Gasteiger partial charge in [-0.15, -0.1) is 0 Å². The summed E-state index contributed by atoms with van der Waals surface area (Å²) in [4.78, 5) is 19.7. The highest BCUT2D eigenvalue weighted by Gasteiger charge is 2.26. The van der Waals surface area contributed by atoms with E-state index >= 15 is 0 Å². The third-order valence-corrected chi connectivity index (χ3v) is 2.52. The second-order valence-corrected chi connectivity index (χ2v) is 3.92. The van der Waals surface area contributed by atoms with Crippen molar-refractivity contribution in [1.82, 2.24) is 0 Å². The Hall–Kier alpha value is -2.18. The molecule has 0 aromatic heterocycles. The molecule has 1 aromatic rings. The minimum Gasteiger partial charge on any atom is -0.493 e. The molecule has 7 nitrogen and oxygen atoms in total. The van der Waals surface area contributed by atoms with Crippen molar-refractivity contribution < 1.29 is 14.6 Å². The summed E-state index contributed by atoms with van der Waals surface area (Å²) in [5.74, 6) is 0.818. The molecule has 7 heteroatoms. The Morgan fingerprint density at radius 1 is 1.18 bits per heavy atom. The lowest BCUT2D eigenvalue weighted by Gasteiger charge is -2.04. The van der Waals surface area contributed by atoms with Crippen LogP contribution in [-0.4, -0.2) is 16.5 Å². The van der Waals surface area contributed by atoms with E-state index in [4.69, 9.17) is 4.74 Å². The van der Waals surface area contributed by atoms with E-state index in [9.17, 15) is 20.2 Å². The molecule has 2 rings (SSSR count). The second-order valence-electron chi connectivity index (χ2n) is 3.92. The summed E-state index contributed by atoms with van der Waals surface area (Å²) in [5, 5.41) is 21.2. The number of hydrogen-bond donors (Lipinski definition) is 0. The zero-order valence-electron chi connectivity index (χ0n) is 8.87. The van der Waals surface area contributed by atoms with Crippen LogP contribution in [0.3, 0.4) is 0 Å². The largest absolute Gasteiger partial charge is 0.493 e. The van der Waals surface area contributed by atoms with E-state index in [-0.39, 0.29) is 0 Å². The topological polar surface area (TPSA) is 95.5 Å². The van der Waals surface area contributed by atoms with Crippen molar-refractivity contribution in [1.29, 1.82) is 0 Å². The second kappa shape index (κ2) is 4.36. The van der Waals surface area contributed by atoms with Gasteiger partial charge in [0.2, 0.25) is 0 Å². The summed E-state index contributed by atoms with van der Waals surface area (Å²) in [7, 11) is 0. The fraction of sp³-hybridized carbons (Fsp3) is 0.400. The van der Waals surface area contributed by atoms with Gasteiger partial charge in [-0.25, -0.2) is 0 Å². The highest BCUT2D eigenvalue weighted by Crippen LogP contribution is 2.33. The van der Waals surface area contributed by atoms with Gasteiger partial charge in [-0.05, 0) is 24.8 Å². The zero-order valence-corrected chi connectivity index (χ0v) is 8.87. The third kappa shape index (κ3) is 2.68. The van der Waals surface area contributed by atoms with Crippen molar-refractivity contribution >= 4 is 11.4 Å². The van der Waals surface area contributed by atoms with Crippen LogP contribution >= 0.6 is 0 Å². The molecule has 0 heterocycles. The van der Waals surface area contributed by atoms with E-state index in [1.165, 1.54) is 6.07 Å². The molecule has 0 aliphatic heterocycles. The third-order valence-electron chi connectivity index (χ3n) is 2.52. The predicted octanol–water partition coefficient (Wildman–Crippen LogP) is 2.29. The number of benzene rings is 1. The van der Waals surface area contributed by atoms with Gasteiger partial charge in [-0.3, -0.25) is 20.2 Å². The maximum Gasteiger partial charge on any atom is 0.349 e. The molecule has 0 atom stereocenters. The van der Waals surface area contributed by atoms with E-state index in [0.717, 1.165) is 25.0 Å². The van der Waals surface area contributed by atoms with Crippen LogP contribution in [0.25, 0.3) is 0 Å². The first-order chi connectivity index (χ1) is 8.08. The molecule has 0 unspecified atom stereocenters. The lowest BCUT2D eigenvalue weighted by Crippen LogP contribution is -2.01. The van der Waals surface area contributed by atoms with Crippen molar-refractivity contribution in [3.63, 3.8) is 0 Å². The first-order valence-electron chi connectivity index (χ1n) is 5.13. The van der Waals surface area contributed by atoms with Crippen LogP contribution in [0, 0.1) is 26.1 Å². The van der Waals surface area contributed by atoms with Crippen LogP contribution in [0.2, 0.25) is 0 Å². The van der Waals surface area contributed by atoms with E-state index in [0.29, 0.717) is 18.3 Å². The van der Waals surface area contributed by atoms with E-state index in [1.54, 1.807) is 0 Å². The molecule has 0 spiro atoms. The normalized spacial score (nSPS) is 14.4. The Morgan fingerprint density at radius 2 is 1.82 bits per heavy atom. The van der Waals surface area contributed by atoms with Crippen LogP contribution in [0.4, 0.5) is 11.4 Å². The molecule has 0 saturated heterocycles.